The van der Waals surface area contributed by atoms with Gasteiger partial charge in [-0.1, -0.05) is 34.1 Å². The topological polar surface area (TPSA) is 46.3 Å². The van der Waals surface area contributed by atoms with Gasteiger partial charge in [-0.15, -0.1) is 12.4 Å². The van der Waals surface area contributed by atoms with Gasteiger partial charge in [-0.3, -0.25) is 4.79 Å². The predicted molar refractivity (Wildman–Crippen MR) is 95.0 cm³/mol. The zero-order valence-electron chi connectivity index (χ0n) is 14.8. The summed E-state index contributed by atoms with van der Waals surface area (Å²) in [5.74, 6) is 2.90. The van der Waals surface area contributed by atoms with Gasteiger partial charge in [0.05, 0.1) is 0 Å². The molecule has 2 saturated carbocycles. The van der Waals surface area contributed by atoms with E-state index in [9.17, 15) is 4.79 Å². The maximum absolute atomic E-state index is 13.0. The van der Waals surface area contributed by atoms with Crippen LogP contribution in [0.3, 0.4) is 0 Å². The van der Waals surface area contributed by atoms with Crippen LogP contribution in [0.15, 0.2) is 0 Å². The average Bonchev–Trinajstić information content (AvgIpc) is 2.35. The van der Waals surface area contributed by atoms with Crippen molar-refractivity contribution in [3.8, 4) is 0 Å². The van der Waals surface area contributed by atoms with E-state index >= 15 is 0 Å². The van der Waals surface area contributed by atoms with Gasteiger partial charge in [0.25, 0.3) is 0 Å². The van der Waals surface area contributed by atoms with Crippen LogP contribution in [-0.4, -0.2) is 29.9 Å². The van der Waals surface area contributed by atoms with Gasteiger partial charge in [0.2, 0.25) is 5.91 Å². The maximum atomic E-state index is 13.0. The van der Waals surface area contributed by atoms with Crippen LogP contribution in [0.1, 0.15) is 59.8 Å². The molecular formula is C18H35ClN2O. The number of hydrogen-bond acceptors (Lipinski definition) is 2. The summed E-state index contributed by atoms with van der Waals surface area (Å²) in [4.78, 5) is 15.1. The summed E-state index contributed by atoms with van der Waals surface area (Å²) in [6, 6.07) is 0.353. The van der Waals surface area contributed by atoms with Crippen molar-refractivity contribution in [3.05, 3.63) is 0 Å². The molecule has 0 saturated heterocycles. The predicted octanol–water partition coefficient (Wildman–Crippen LogP) is 3.70. The highest BCUT2D eigenvalue weighted by molar-refractivity contribution is 5.85. The number of nitrogens with zero attached hydrogens (tertiary/aromatic N) is 1. The van der Waals surface area contributed by atoms with Crippen LogP contribution in [0.5, 0.6) is 0 Å². The lowest BCUT2D eigenvalue weighted by atomic mass is 9.65. The first-order chi connectivity index (χ1) is 9.88. The highest BCUT2D eigenvalue weighted by atomic mass is 35.5. The van der Waals surface area contributed by atoms with Gasteiger partial charge in [-0.25, -0.2) is 0 Å². The van der Waals surface area contributed by atoms with E-state index in [2.05, 4.69) is 32.6 Å². The number of carbonyl (C=O) groups excluding carboxylic acids is 1. The summed E-state index contributed by atoms with van der Waals surface area (Å²) >= 11 is 0. The highest BCUT2D eigenvalue weighted by Crippen LogP contribution is 2.42. The Kier molecular flexibility index (Phi) is 7.67. The third kappa shape index (κ3) is 4.86. The molecule has 130 valence electrons. The Bertz CT molecular complexity index is 335. The molecule has 0 aromatic rings. The Morgan fingerprint density at radius 2 is 1.50 bits per heavy atom. The quantitative estimate of drug-likeness (QED) is 0.835. The van der Waals surface area contributed by atoms with E-state index in [1.165, 1.54) is 19.3 Å². The minimum Gasteiger partial charge on any atom is -0.342 e. The van der Waals surface area contributed by atoms with Crippen molar-refractivity contribution < 1.29 is 4.79 Å². The lowest BCUT2D eigenvalue weighted by Gasteiger charge is -2.44. The number of amides is 1. The molecule has 2 N–H and O–H groups in total. The smallest absolute Gasteiger partial charge is 0.225 e. The fraction of sp³-hybridized carbons (Fsp3) is 0.944. The third-order valence-corrected chi connectivity index (χ3v) is 5.25. The lowest BCUT2D eigenvalue weighted by Crippen LogP contribution is -2.50. The third-order valence-electron chi connectivity index (χ3n) is 5.25. The SMILES string of the molecule is CC(C)CN(CC(C)C)C(=O)C1CC2CCCC(C1)C2N.Cl. The molecule has 2 rings (SSSR count). The maximum Gasteiger partial charge on any atom is 0.225 e. The summed E-state index contributed by atoms with van der Waals surface area (Å²) in [6.07, 6.45) is 5.84. The molecule has 0 aromatic heterocycles. The van der Waals surface area contributed by atoms with Crippen molar-refractivity contribution in [2.75, 3.05) is 13.1 Å². The Balaban J connectivity index is 0.00000242. The molecule has 22 heavy (non-hydrogen) atoms. The first kappa shape index (κ1) is 19.8. The molecule has 2 atom stereocenters. The molecule has 2 aliphatic rings. The number of rotatable bonds is 5. The highest BCUT2D eigenvalue weighted by Gasteiger charge is 2.41. The molecule has 4 heteroatoms. The van der Waals surface area contributed by atoms with Gasteiger partial charge >= 0.3 is 0 Å². The minimum atomic E-state index is 0. The number of fused-ring (bicyclic) bond motifs is 2. The van der Waals surface area contributed by atoms with E-state index in [4.69, 9.17) is 5.73 Å². The summed E-state index contributed by atoms with van der Waals surface area (Å²) < 4.78 is 0. The van der Waals surface area contributed by atoms with Gasteiger partial charge in [0.15, 0.2) is 0 Å². The summed E-state index contributed by atoms with van der Waals surface area (Å²) in [5, 5.41) is 0. The van der Waals surface area contributed by atoms with Gasteiger partial charge in [0, 0.05) is 25.0 Å². The first-order valence-corrected chi connectivity index (χ1v) is 8.92. The molecule has 3 nitrogen and oxygen atoms in total. The summed E-state index contributed by atoms with van der Waals surface area (Å²) in [7, 11) is 0. The summed E-state index contributed by atoms with van der Waals surface area (Å²) in [6.45, 7) is 10.6. The number of carbonyl (C=O) groups is 1. The normalized spacial score (nSPS) is 31.0. The van der Waals surface area contributed by atoms with E-state index in [0.717, 1.165) is 25.9 Å². The Labute approximate surface area is 142 Å². The van der Waals surface area contributed by atoms with Crippen molar-refractivity contribution in [1.82, 2.24) is 4.90 Å². The van der Waals surface area contributed by atoms with Gasteiger partial charge < -0.3 is 10.6 Å². The van der Waals surface area contributed by atoms with Crippen LogP contribution in [0.4, 0.5) is 0 Å². The minimum absolute atomic E-state index is 0. The van der Waals surface area contributed by atoms with E-state index in [0.29, 0.717) is 35.6 Å². The molecule has 0 radical (unpaired) electrons. The first-order valence-electron chi connectivity index (χ1n) is 8.92. The van der Waals surface area contributed by atoms with Gasteiger partial charge in [-0.05, 0) is 49.4 Å². The van der Waals surface area contributed by atoms with Gasteiger partial charge in [-0.2, -0.15) is 0 Å². The van der Waals surface area contributed by atoms with E-state index in [1.54, 1.807) is 0 Å². The van der Waals surface area contributed by atoms with E-state index in [-0.39, 0.29) is 18.3 Å². The molecule has 0 aromatic carbocycles. The number of hydrogen-bond donors (Lipinski definition) is 1. The average molecular weight is 331 g/mol. The van der Waals surface area contributed by atoms with E-state index in [1.807, 2.05) is 0 Å². The van der Waals surface area contributed by atoms with E-state index < -0.39 is 0 Å². The van der Waals surface area contributed by atoms with Crippen LogP contribution in [-0.2, 0) is 4.79 Å². The lowest BCUT2D eigenvalue weighted by molar-refractivity contribution is -0.139. The van der Waals surface area contributed by atoms with Crippen LogP contribution in [0, 0.1) is 29.6 Å². The van der Waals surface area contributed by atoms with Crippen molar-refractivity contribution >= 4 is 18.3 Å². The second kappa shape index (κ2) is 8.54. The summed E-state index contributed by atoms with van der Waals surface area (Å²) in [5.41, 5.74) is 6.36. The second-order valence-electron chi connectivity index (χ2n) is 8.23. The zero-order valence-corrected chi connectivity index (χ0v) is 15.6. The molecular weight excluding hydrogens is 296 g/mol. The van der Waals surface area contributed by atoms with Crippen LogP contribution >= 0.6 is 12.4 Å². The standard InChI is InChI=1S/C18H34N2O.ClH/c1-12(2)10-20(11-13(3)4)18(21)16-8-14-6-5-7-15(9-16)17(14)19;/h12-17H,5-11,19H2,1-4H3;1H. The Morgan fingerprint density at radius 1 is 1.05 bits per heavy atom. The Hall–Kier alpha value is -0.280. The zero-order chi connectivity index (χ0) is 15.6. The van der Waals surface area contributed by atoms with Gasteiger partial charge in [0.1, 0.15) is 0 Å². The van der Waals surface area contributed by atoms with Crippen LogP contribution < -0.4 is 5.73 Å². The van der Waals surface area contributed by atoms with Crippen LogP contribution in [0.2, 0.25) is 0 Å². The second-order valence-corrected chi connectivity index (χ2v) is 8.23. The molecule has 2 bridgehead atoms. The number of halogens is 1. The number of nitrogens with two attached hydrogens (primary N) is 1. The van der Waals surface area contributed by atoms with Crippen molar-refractivity contribution in [2.24, 2.45) is 35.3 Å². The largest absolute Gasteiger partial charge is 0.342 e. The molecule has 0 spiro atoms. The monoisotopic (exact) mass is 330 g/mol. The molecule has 2 aliphatic carbocycles. The van der Waals surface area contributed by atoms with Crippen molar-refractivity contribution in [2.45, 2.75) is 65.8 Å². The molecule has 0 aliphatic heterocycles. The van der Waals surface area contributed by atoms with Crippen molar-refractivity contribution in [3.63, 3.8) is 0 Å². The fourth-order valence-electron chi connectivity index (χ4n) is 4.38. The molecule has 1 amide bonds. The van der Waals surface area contributed by atoms with Crippen molar-refractivity contribution in [1.29, 1.82) is 0 Å². The molecule has 2 fully saturated rings. The Morgan fingerprint density at radius 3 is 1.91 bits per heavy atom. The fourth-order valence-corrected chi connectivity index (χ4v) is 4.38. The van der Waals surface area contributed by atoms with Crippen LogP contribution in [0.25, 0.3) is 0 Å². The molecule has 0 heterocycles. The molecule has 2 unspecified atom stereocenters.